The van der Waals surface area contributed by atoms with Crippen LogP contribution in [-0.4, -0.2) is 11.9 Å². The van der Waals surface area contributed by atoms with Gasteiger partial charge in [0.2, 0.25) is 5.91 Å². The van der Waals surface area contributed by atoms with E-state index in [2.05, 4.69) is 22.3 Å². The van der Waals surface area contributed by atoms with Crippen LogP contribution in [0.3, 0.4) is 0 Å². The fourth-order valence-electron chi connectivity index (χ4n) is 1.69. The van der Waals surface area contributed by atoms with Gasteiger partial charge in [0.15, 0.2) is 12.4 Å². The third kappa shape index (κ3) is 4.01. The molecule has 0 aliphatic heterocycles. The Labute approximate surface area is 96.5 Å². The topological polar surface area (TPSA) is 33.0 Å². The first-order valence-corrected chi connectivity index (χ1v) is 6.08. The van der Waals surface area contributed by atoms with Gasteiger partial charge >= 0.3 is 0 Å². The molecule has 1 aromatic heterocycles. The van der Waals surface area contributed by atoms with Crippen molar-refractivity contribution in [1.29, 1.82) is 0 Å². The summed E-state index contributed by atoms with van der Waals surface area (Å²) in [7, 11) is 0. The van der Waals surface area contributed by atoms with E-state index in [1.165, 1.54) is 12.8 Å². The Hall–Kier alpha value is -1.38. The zero-order valence-corrected chi connectivity index (χ0v) is 9.56. The highest BCUT2D eigenvalue weighted by molar-refractivity contribution is 5.76. The minimum atomic E-state index is 0.223. The van der Waals surface area contributed by atoms with Gasteiger partial charge in [-0.15, -0.1) is 0 Å². The van der Waals surface area contributed by atoms with Crippen molar-refractivity contribution in [2.45, 2.75) is 44.7 Å². The van der Waals surface area contributed by atoms with Crippen molar-refractivity contribution >= 4 is 5.91 Å². The summed E-state index contributed by atoms with van der Waals surface area (Å²) in [5.74, 6) is 0.223. The lowest BCUT2D eigenvalue weighted by Crippen LogP contribution is -2.32. The van der Waals surface area contributed by atoms with Crippen molar-refractivity contribution < 1.29 is 9.36 Å². The highest BCUT2D eigenvalue weighted by Crippen LogP contribution is 2.18. The Kier molecular flexibility index (Phi) is 3.91. The van der Waals surface area contributed by atoms with Gasteiger partial charge in [-0.1, -0.05) is 6.07 Å². The summed E-state index contributed by atoms with van der Waals surface area (Å²) in [6, 6.07) is 6.56. The summed E-state index contributed by atoms with van der Waals surface area (Å²) in [6.45, 7) is 0.998. The summed E-state index contributed by atoms with van der Waals surface area (Å²) >= 11 is 0. The van der Waals surface area contributed by atoms with E-state index >= 15 is 0 Å². The number of rotatable bonds is 6. The Morgan fingerprint density at radius 3 is 2.62 bits per heavy atom. The lowest BCUT2D eigenvalue weighted by Gasteiger charge is -2.01. The fourth-order valence-corrected chi connectivity index (χ4v) is 1.69. The molecule has 1 aromatic rings. The average molecular weight is 219 g/mol. The fraction of sp³-hybridized carbons (Fsp3) is 0.538. The van der Waals surface area contributed by atoms with Crippen LogP contribution in [-0.2, 0) is 11.3 Å². The van der Waals surface area contributed by atoms with E-state index < -0.39 is 0 Å². The molecule has 0 atom stereocenters. The van der Waals surface area contributed by atoms with Crippen molar-refractivity contribution in [1.82, 2.24) is 5.32 Å². The number of carbonyl (C=O) groups is 1. The third-order valence-electron chi connectivity index (χ3n) is 2.79. The minimum Gasteiger partial charge on any atom is -0.353 e. The third-order valence-corrected chi connectivity index (χ3v) is 2.79. The Balaban J connectivity index is 1.56. The molecule has 2 rings (SSSR count). The molecule has 1 amide bonds. The molecule has 0 saturated heterocycles. The first kappa shape index (κ1) is 11.1. The lowest BCUT2D eigenvalue weighted by molar-refractivity contribution is -0.697. The van der Waals surface area contributed by atoms with Crippen LogP contribution in [0, 0.1) is 0 Å². The van der Waals surface area contributed by atoms with Crippen LogP contribution in [0.1, 0.15) is 32.1 Å². The van der Waals surface area contributed by atoms with Crippen LogP contribution in [0.4, 0.5) is 0 Å². The highest BCUT2D eigenvalue weighted by atomic mass is 16.1. The van der Waals surface area contributed by atoms with Gasteiger partial charge in [0.05, 0.1) is 0 Å². The molecule has 1 saturated carbocycles. The van der Waals surface area contributed by atoms with E-state index in [-0.39, 0.29) is 5.91 Å². The summed E-state index contributed by atoms with van der Waals surface area (Å²) in [4.78, 5) is 11.4. The van der Waals surface area contributed by atoms with Crippen LogP contribution in [0.15, 0.2) is 30.6 Å². The Bertz CT molecular complexity index is 333. The second-order valence-electron chi connectivity index (χ2n) is 4.41. The number of amides is 1. The second kappa shape index (κ2) is 5.64. The summed E-state index contributed by atoms with van der Waals surface area (Å²) in [6.07, 6.45) is 9.17. The normalized spacial score (nSPS) is 14.8. The maximum Gasteiger partial charge on any atom is 0.220 e. The second-order valence-corrected chi connectivity index (χ2v) is 4.41. The van der Waals surface area contributed by atoms with Crippen LogP contribution >= 0.6 is 0 Å². The first-order chi connectivity index (χ1) is 7.84. The molecule has 0 aromatic carbocycles. The molecule has 1 fully saturated rings. The number of nitrogens with zero attached hydrogens (tertiary/aromatic N) is 1. The minimum absolute atomic E-state index is 0.223. The maximum absolute atomic E-state index is 11.4. The van der Waals surface area contributed by atoms with E-state index in [4.69, 9.17) is 0 Å². The number of hydrogen-bond donors (Lipinski definition) is 1. The van der Waals surface area contributed by atoms with Gasteiger partial charge in [-0.3, -0.25) is 4.79 Å². The van der Waals surface area contributed by atoms with Gasteiger partial charge in [-0.2, -0.15) is 0 Å². The van der Waals surface area contributed by atoms with E-state index in [1.54, 1.807) is 0 Å². The molecular weight excluding hydrogens is 200 g/mol. The molecule has 1 heterocycles. The largest absolute Gasteiger partial charge is 0.353 e. The van der Waals surface area contributed by atoms with E-state index in [0.29, 0.717) is 12.5 Å². The molecule has 1 aliphatic rings. The molecule has 3 nitrogen and oxygen atoms in total. The van der Waals surface area contributed by atoms with E-state index in [9.17, 15) is 4.79 Å². The van der Waals surface area contributed by atoms with E-state index in [1.807, 2.05) is 18.2 Å². The van der Waals surface area contributed by atoms with Gasteiger partial charge in [0.25, 0.3) is 0 Å². The van der Waals surface area contributed by atoms with Crippen LogP contribution in [0.5, 0.6) is 0 Å². The lowest BCUT2D eigenvalue weighted by atomic mass is 10.2. The van der Waals surface area contributed by atoms with Gasteiger partial charge in [-0.05, 0) is 19.3 Å². The average Bonchev–Trinajstić information content (AvgIpc) is 3.10. The van der Waals surface area contributed by atoms with Crippen molar-refractivity contribution in [3.05, 3.63) is 30.6 Å². The molecule has 3 heteroatoms. The molecule has 0 radical (unpaired) electrons. The predicted molar refractivity (Wildman–Crippen MR) is 61.7 cm³/mol. The summed E-state index contributed by atoms with van der Waals surface area (Å²) in [5, 5.41) is 3.01. The molecule has 0 bridgehead atoms. The number of hydrogen-bond acceptors (Lipinski definition) is 1. The van der Waals surface area contributed by atoms with Crippen molar-refractivity contribution in [2.24, 2.45) is 0 Å². The van der Waals surface area contributed by atoms with Crippen LogP contribution in [0.25, 0.3) is 0 Å². The van der Waals surface area contributed by atoms with Crippen molar-refractivity contribution in [3.63, 3.8) is 0 Å². The number of aryl methyl sites for hydroxylation is 1. The maximum atomic E-state index is 11.4. The summed E-state index contributed by atoms with van der Waals surface area (Å²) in [5.41, 5.74) is 0. The van der Waals surface area contributed by atoms with Crippen molar-refractivity contribution in [2.75, 3.05) is 0 Å². The number of aromatic nitrogens is 1. The first-order valence-electron chi connectivity index (χ1n) is 6.08. The molecule has 86 valence electrons. The zero-order valence-electron chi connectivity index (χ0n) is 9.56. The van der Waals surface area contributed by atoms with Crippen LogP contribution in [0.2, 0.25) is 0 Å². The zero-order chi connectivity index (χ0) is 11.2. The standard InChI is InChI=1S/C13H18N2O/c16-13(14-12-7-8-12)6-2-5-11-15-9-3-1-4-10-15/h1,3-4,9-10,12H,2,5-8,11H2/p+1. The number of nitrogens with one attached hydrogen (secondary N) is 1. The molecule has 1 aliphatic carbocycles. The number of pyridine rings is 1. The van der Waals surface area contributed by atoms with Gasteiger partial charge in [0.1, 0.15) is 6.54 Å². The Morgan fingerprint density at radius 2 is 1.94 bits per heavy atom. The molecule has 16 heavy (non-hydrogen) atoms. The smallest absolute Gasteiger partial charge is 0.220 e. The van der Waals surface area contributed by atoms with Crippen molar-refractivity contribution in [3.8, 4) is 0 Å². The monoisotopic (exact) mass is 219 g/mol. The number of unbranched alkanes of at least 4 members (excludes halogenated alkanes) is 1. The molecule has 0 spiro atoms. The molecule has 0 unspecified atom stereocenters. The Morgan fingerprint density at radius 1 is 1.19 bits per heavy atom. The number of carbonyl (C=O) groups excluding carboxylic acids is 1. The highest BCUT2D eigenvalue weighted by Gasteiger charge is 2.22. The van der Waals surface area contributed by atoms with E-state index in [0.717, 1.165) is 19.4 Å². The summed E-state index contributed by atoms with van der Waals surface area (Å²) < 4.78 is 2.15. The quantitative estimate of drug-likeness (QED) is 0.569. The molecular formula is C13H19N2O+. The molecule has 1 N–H and O–H groups in total. The predicted octanol–water partition coefficient (Wildman–Crippen LogP) is 1.42. The van der Waals surface area contributed by atoms with Gasteiger partial charge in [-0.25, -0.2) is 4.57 Å². The SMILES string of the molecule is O=C(CCCC[n+]1ccccc1)NC1CC1. The van der Waals surface area contributed by atoms with Gasteiger partial charge in [0, 0.05) is 31.0 Å². The van der Waals surface area contributed by atoms with Crippen LogP contribution < -0.4 is 9.88 Å². The van der Waals surface area contributed by atoms with Gasteiger partial charge < -0.3 is 5.32 Å².